The molecule has 4 heterocycles. The van der Waals surface area contributed by atoms with Crippen LogP contribution in [0.2, 0.25) is 0 Å². The Morgan fingerprint density at radius 2 is 1.51 bits per heavy atom. The van der Waals surface area contributed by atoms with Crippen molar-refractivity contribution in [2.45, 2.75) is 140 Å². The lowest BCUT2D eigenvalue weighted by Gasteiger charge is -2.59. The van der Waals surface area contributed by atoms with Crippen molar-refractivity contribution in [1.82, 2.24) is 19.6 Å². The van der Waals surface area contributed by atoms with Crippen LogP contribution in [0.3, 0.4) is 0 Å². The van der Waals surface area contributed by atoms with Crippen LogP contribution >= 0.6 is 12.9 Å². The lowest BCUT2D eigenvalue weighted by Crippen LogP contribution is -2.69. The number of carbonyl (C=O) groups is 1. The van der Waals surface area contributed by atoms with Crippen molar-refractivity contribution in [3.63, 3.8) is 0 Å². The van der Waals surface area contributed by atoms with Crippen LogP contribution in [-0.2, 0) is 9.47 Å². The molecule has 254 valence electrons. The van der Waals surface area contributed by atoms with Gasteiger partial charge in [0, 0.05) is 49.4 Å². The molecule has 9 nitrogen and oxygen atoms in total. The molecule has 0 radical (unpaired) electrons. The van der Waals surface area contributed by atoms with Gasteiger partial charge in [-0.25, -0.2) is 4.79 Å². The van der Waals surface area contributed by atoms with Gasteiger partial charge < -0.3 is 23.8 Å². The lowest BCUT2D eigenvalue weighted by molar-refractivity contribution is -0.0931. The van der Waals surface area contributed by atoms with Gasteiger partial charge in [0.25, 0.3) is 0 Å². The van der Waals surface area contributed by atoms with Gasteiger partial charge in [-0.15, -0.1) is 0 Å². The average molecular weight is 630 g/mol. The number of likely N-dealkylation sites (tertiary alicyclic amines) is 1. The number of aromatic nitrogens is 2. The number of hydrogen-bond acceptors (Lipinski definition) is 8. The van der Waals surface area contributed by atoms with Crippen LogP contribution in [-0.4, -0.2) is 93.3 Å². The Hall–Kier alpha value is -1.49. The highest BCUT2D eigenvalue weighted by atomic mass is 32.1. The summed E-state index contributed by atoms with van der Waals surface area (Å²) in [6.45, 7) is 25.0. The normalized spacial score (nSPS) is 21.6. The number of thiol groups is 1. The average Bonchev–Trinajstić information content (AvgIpc) is 3.12. The maximum absolute atomic E-state index is 12.4. The van der Waals surface area contributed by atoms with Crippen LogP contribution in [0.15, 0.2) is 0 Å². The molecule has 0 bridgehead atoms. The number of anilines is 1. The Morgan fingerprint density at radius 3 is 1.95 bits per heavy atom. The van der Waals surface area contributed by atoms with Gasteiger partial charge in [-0.05, 0) is 79.6 Å². The largest absolute Gasteiger partial charge is 0.444 e. The maximum atomic E-state index is 12.4. The third-order valence-corrected chi connectivity index (χ3v) is 9.17. The zero-order valence-corrected chi connectivity index (χ0v) is 27.4. The number of rotatable bonds is 3. The predicted molar refractivity (Wildman–Crippen MR) is 185 cm³/mol. The fourth-order valence-electron chi connectivity index (χ4n) is 6.88. The summed E-state index contributed by atoms with van der Waals surface area (Å²) in [6.07, 6.45) is 5.91. The van der Waals surface area contributed by atoms with E-state index in [9.17, 15) is 4.79 Å². The van der Waals surface area contributed by atoms with E-state index in [2.05, 4.69) is 41.2 Å². The minimum Gasteiger partial charge on any atom is -0.444 e. The number of ether oxygens (including phenoxy) is 2. The number of carbonyl (C=O) groups excluding carboxylic acids is 1. The smallest absolute Gasteiger partial charge is 0.410 e. The first-order valence-corrected chi connectivity index (χ1v) is 15.8. The van der Waals surface area contributed by atoms with Crippen molar-refractivity contribution in [2.24, 2.45) is 5.41 Å². The Bertz CT molecular complexity index is 973. The molecule has 3 saturated heterocycles. The van der Waals surface area contributed by atoms with Crippen LogP contribution < -0.4 is 4.90 Å². The van der Waals surface area contributed by atoms with Gasteiger partial charge >= 0.3 is 6.09 Å². The van der Waals surface area contributed by atoms with E-state index in [-0.39, 0.29) is 39.3 Å². The van der Waals surface area contributed by atoms with E-state index in [0.29, 0.717) is 12.1 Å². The summed E-state index contributed by atoms with van der Waals surface area (Å²) in [7, 11) is 0. The van der Waals surface area contributed by atoms with Crippen LogP contribution in [0.5, 0.6) is 0 Å². The van der Waals surface area contributed by atoms with Gasteiger partial charge in [-0.2, -0.15) is 5.10 Å². The number of hydrogen-bond donors (Lipinski definition) is 2. The SMILES string of the molecule is C.C.C.CC.CC.Cc1c(N2CCN(C3COC3)CC23CCC3)nn(C2CC3(C2)CN(C(=O)OC(C)(C)C)C3)c1C.OS. The Labute approximate surface area is 270 Å². The van der Waals surface area contributed by atoms with Crippen molar-refractivity contribution in [3.05, 3.63) is 11.3 Å². The summed E-state index contributed by atoms with van der Waals surface area (Å²) in [5.41, 5.74) is 2.74. The van der Waals surface area contributed by atoms with Gasteiger partial charge in [0.1, 0.15) is 5.60 Å². The summed E-state index contributed by atoms with van der Waals surface area (Å²) < 4.78 is 20.0. The summed E-state index contributed by atoms with van der Waals surface area (Å²) in [5.74, 6) is 1.21. The third kappa shape index (κ3) is 8.22. The number of amides is 1. The van der Waals surface area contributed by atoms with Gasteiger partial charge in [-0.1, -0.05) is 50.0 Å². The van der Waals surface area contributed by atoms with E-state index in [0.717, 1.165) is 58.8 Å². The monoisotopic (exact) mass is 629 g/mol. The topological polar surface area (TPSA) is 83.3 Å². The summed E-state index contributed by atoms with van der Waals surface area (Å²) in [6, 6.07) is 1.06. The second-order valence-corrected chi connectivity index (χ2v) is 12.8. The van der Waals surface area contributed by atoms with Crippen molar-refractivity contribution in [1.29, 1.82) is 0 Å². The first kappa shape index (κ1) is 41.5. The molecule has 6 rings (SSSR count). The molecule has 0 atom stereocenters. The zero-order chi connectivity index (χ0) is 29.9. The molecule has 1 amide bonds. The second kappa shape index (κ2) is 16.7. The van der Waals surface area contributed by atoms with Crippen LogP contribution in [0, 0.1) is 19.3 Å². The molecule has 5 aliphatic rings. The quantitative estimate of drug-likeness (QED) is 0.260. The summed E-state index contributed by atoms with van der Waals surface area (Å²) >= 11 is 2.53. The molecule has 3 aliphatic heterocycles. The molecule has 2 aliphatic carbocycles. The summed E-state index contributed by atoms with van der Waals surface area (Å²) in [4.78, 5) is 19.5. The first-order chi connectivity index (χ1) is 19.1. The van der Waals surface area contributed by atoms with Gasteiger partial charge in [0.2, 0.25) is 0 Å². The number of nitrogens with zero attached hydrogens (tertiary/aromatic N) is 5. The fraction of sp³-hybridized carbons (Fsp3) is 0.879. The second-order valence-electron chi connectivity index (χ2n) is 12.8. The molecule has 5 fully saturated rings. The highest BCUT2D eigenvalue weighted by Crippen LogP contribution is 2.55. The molecular weight excluding hydrogens is 562 g/mol. The Balaban J connectivity index is 0.00000185. The van der Waals surface area contributed by atoms with Gasteiger partial charge in [-0.3, -0.25) is 9.58 Å². The van der Waals surface area contributed by atoms with Crippen molar-refractivity contribution >= 4 is 24.8 Å². The maximum Gasteiger partial charge on any atom is 0.410 e. The van der Waals surface area contributed by atoms with E-state index in [1.165, 1.54) is 36.3 Å². The van der Waals surface area contributed by atoms with E-state index in [4.69, 9.17) is 19.1 Å². The highest BCUT2D eigenvalue weighted by Gasteiger charge is 2.56. The van der Waals surface area contributed by atoms with Crippen molar-refractivity contribution < 1.29 is 18.8 Å². The summed E-state index contributed by atoms with van der Waals surface area (Å²) in [5, 5.41) is 5.26. The van der Waals surface area contributed by atoms with Crippen molar-refractivity contribution in [3.8, 4) is 0 Å². The molecule has 1 aromatic heterocycles. The highest BCUT2D eigenvalue weighted by molar-refractivity contribution is 7.74. The lowest BCUT2D eigenvalue weighted by atomic mass is 9.61. The van der Waals surface area contributed by atoms with E-state index in [1.807, 2.05) is 53.4 Å². The van der Waals surface area contributed by atoms with Gasteiger partial charge in [0.05, 0.1) is 30.8 Å². The molecule has 0 aromatic carbocycles. The van der Waals surface area contributed by atoms with Crippen molar-refractivity contribution in [2.75, 3.05) is 50.8 Å². The molecule has 0 unspecified atom stereocenters. The Morgan fingerprint density at radius 1 is 0.953 bits per heavy atom. The van der Waals surface area contributed by atoms with Gasteiger partial charge in [0.15, 0.2) is 5.82 Å². The molecule has 1 N–H and O–H groups in total. The molecule has 2 saturated carbocycles. The standard InChI is InChI=1S/C26H41N5O3.2C2H6.3CH4.H2OS/c1-18-19(2)31(20-11-25(12-20)15-29(16-25)23(32)34-24(3,4)5)27-22(18)30-10-9-28(21-13-33-14-21)17-26(30)7-6-8-26;2*1-2;;;;1-2/h20-21H,6-17H2,1-5H3;2*1-2H3;3*1H4;1-2H. The molecule has 10 heteroatoms. The third-order valence-electron chi connectivity index (χ3n) is 9.17. The molecule has 1 aromatic rings. The predicted octanol–water partition coefficient (Wildman–Crippen LogP) is 7.87. The fourth-order valence-corrected chi connectivity index (χ4v) is 6.88. The minimum absolute atomic E-state index is 0. The van der Waals surface area contributed by atoms with Crippen LogP contribution in [0.25, 0.3) is 0 Å². The molecule has 2 spiro atoms. The zero-order valence-electron chi connectivity index (χ0n) is 26.5. The Kier molecular flexibility index (Phi) is 16.1. The molecule has 43 heavy (non-hydrogen) atoms. The van der Waals surface area contributed by atoms with Crippen LogP contribution in [0.1, 0.15) is 120 Å². The van der Waals surface area contributed by atoms with Crippen LogP contribution in [0.4, 0.5) is 10.6 Å². The first-order valence-electron chi connectivity index (χ1n) is 15.4. The number of piperazine rings is 1. The van der Waals surface area contributed by atoms with E-state index in [1.54, 1.807) is 0 Å². The van der Waals surface area contributed by atoms with E-state index >= 15 is 0 Å². The minimum atomic E-state index is -0.434. The molecular formula is C33H67N5O4S. The van der Waals surface area contributed by atoms with E-state index < -0.39 is 5.60 Å².